The van der Waals surface area contributed by atoms with Crippen LogP contribution in [0.2, 0.25) is 0 Å². The van der Waals surface area contributed by atoms with Gasteiger partial charge in [-0.15, -0.1) is 0 Å². The van der Waals surface area contributed by atoms with E-state index in [9.17, 15) is 5.26 Å². The first kappa shape index (κ1) is 40.9. The molecule has 0 radical (unpaired) electrons. The lowest BCUT2D eigenvalue weighted by Crippen LogP contribution is -2.11. The normalized spacial score (nSPS) is 11.4. The number of nitriles is 1. The average Bonchev–Trinajstić information content (AvgIpc) is 3.89. The molecule has 0 amide bonds. The van der Waals surface area contributed by atoms with Crippen molar-refractivity contribution in [3.05, 3.63) is 215 Å². The van der Waals surface area contributed by atoms with Crippen LogP contribution in [0, 0.1) is 31.0 Å². The molecule has 0 fully saturated rings. The minimum atomic E-state index is -4.88. The minimum absolute atomic E-state index is 0.163. The van der Waals surface area contributed by atoms with Gasteiger partial charge in [-0.05, 0) is 101 Å². The van der Waals surface area contributed by atoms with Crippen LogP contribution in [0.1, 0.15) is 11.1 Å². The third-order valence-electron chi connectivity index (χ3n) is 12.1. The largest absolute Gasteiger partial charge is 0.417 e. The fraction of sp³-hybridized carbons (Fsp3) is 0.0179. The van der Waals surface area contributed by atoms with Crippen molar-refractivity contribution in [2.45, 2.75) is 6.18 Å². The number of alkyl halides is 3. The van der Waals surface area contributed by atoms with E-state index in [2.05, 4.69) is 20.6 Å². The highest BCUT2D eigenvalue weighted by Crippen LogP contribution is 2.48. The summed E-state index contributed by atoms with van der Waals surface area (Å²) in [5.74, 6) is 0.950. The highest BCUT2D eigenvalue weighted by atomic mass is 19.4. The Bertz CT molecular complexity index is 3870. The van der Waals surface area contributed by atoms with Crippen molar-refractivity contribution in [1.82, 2.24) is 24.1 Å². The Hall–Kier alpha value is -9.88. The van der Waals surface area contributed by atoms with E-state index in [4.69, 9.17) is 34.7 Å². The summed E-state index contributed by atoms with van der Waals surface area (Å²) in [6.07, 6.45) is -4.88. The molecule has 3 aromatic heterocycles. The van der Waals surface area contributed by atoms with E-state index in [1.54, 1.807) is 102 Å². The second-order valence-electron chi connectivity index (χ2n) is 15.9. The van der Waals surface area contributed by atoms with Crippen LogP contribution < -0.4 is 0 Å². The lowest BCUT2D eigenvalue weighted by Gasteiger charge is -2.23. The molecule has 0 spiro atoms. The van der Waals surface area contributed by atoms with Crippen molar-refractivity contribution in [2.24, 2.45) is 0 Å². The predicted octanol–water partition coefficient (Wildman–Crippen LogP) is 15.3. The molecule has 11 rings (SSSR count). The van der Waals surface area contributed by atoms with E-state index in [1.165, 1.54) is 6.07 Å². The number of fused-ring (bicyclic) bond motifs is 6. The Kier molecular flexibility index (Phi) is 9.60. The Labute approximate surface area is 386 Å². The summed E-state index contributed by atoms with van der Waals surface area (Å²) in [5, 5.41) is 12.4. The Balaban J connectivity index is 1.30. The van der Waals surface area contributed by atoms with E-state index in [0.717, 1.165) is 6.07 Å². The molecule has 0 atom stereocenters. The summed E-state index contributed by atoms with van der Waals surface area (Å²) in [6.45, 7) is 23.4. The standard InChI is InChI=1S/C56H28F3N9/c1-61-37-19-24-47-41(29-37)40-27-33(32-60)17-22-46(40)67(47)50-23-18-36(55-65-53(34-11-6-4-7-12-34)64-54(66-55)35-13-8-5-9-14-35)28-44(50)52-45(56(57,58)59)15-10-16-51(52)68-48-25-20-38(62-2)30-42(48)43-31-39(63-3)21-26-49(43)68/h4-31H. The summed E-state index contributed by atoms with van der Waals surface area (Å²) in [4.78, 5) is 25.7. The zero-order chi connectivity index (χ0) is 46.7. The molecule has 3 heterocycles. The van der Waals surface area contributed by atoms with Crippen LogP contribution in [-0.2, 0) is 6.18 Å². The molecule has 0 aliphatic rings. The number of nitrogens with zero attached hydrogens (tertiary/aromatic N) is 9. The van der Waals surface area contributed by atoms with E-state index >= 15 is 13.2 Å². The molecule has 68 heavy (non-hydrogen) atoms. The summed E-state index contributed by atoms with van der Waals surface area (Å²) in [7, 11) is 0. The van der Waals surface area contributed by atoms with Gasteiger partial charge < -0.3 is 9.13 Å². The molecule has 0 bridgehead atoms. The zero-order valence-corrected chi connectivity index (χ0v) is 35.3. The molecule has 0 saturated heterocycles. The van der Waals surface area contributed by atoms with Gasteiger partial charge in [0.05, 0.1) is 70.4 Å². The van der Waals surface area contributed by atoms with Crippen LogP contribution >= 0.6 is 0 Å². The topological polar surface area (TPSA) is 85.4 Å². The van der Waals surface area contributed by atoms with Crippen LogP contribution in [0.4, 0.5) is 30.2 Å². The van der Waals surface area contributed by atoms with Gasteiger partial charge in [-0.25, -0.2) is 29.5 Å². The van der Waals surface area contributed by atoms with Gasteiger partial charge in [0.25, 0.3) is 0 Å². The Morgan fingerprint density at radius 2 is 0.912 bits per heavy atom. The molecule has 12 heteroatoms. The van der Waals surface area contributed by atoms with E-state index in [0.29, 0.717) is 100 Å². The van der Waals surface area contributed by atoms with Gasteiger partial charge in [0, 0.05) is 33.2 Å². The summed E-state index contributed by atoms with van der Waals surface area (Å²) < 4.78 is 51.8. The highest BCUT2D eigenvalue weighted by Gasteiger charge is 2.37. The SMILES string of the molecule is [C-]#[N+]c1ccc2c(c1)c1cc(C#N)ccc1n2-c1ccc(-c2nc(-c3ccccc3)nc(-c3ccccc3)n2)cc1-c1c(-n2c3ccc([N+]#[C-])cc3c3cc([N+]#[C-])ccc32)cccc1C(F)(F)F. The molecule has 0 saturated carbocycles. The first-order valence-corrected chi connectivity index (χ1v) is 21.1. The second kappa shape index (κ2) is 16.0. The van der Waals surface area contributed by atoms with E-state index in [-0.39, 0.29) is 22.6 Å². The molecule has 0 aliphatic carbocycles. The molecule has 0 aliphatic heterocycles. The molecule has 0 unspecified atom stereocenters. The summed E-state index contributed by atoms with van der Waals surface area (Å²) in [5.41, 5.74) is 5.06. The summed E-state index contributed by atoms with van der Waals surface area (Å²) in [6, 6.07) is 50.6. The van der Waals surface area contributed by atoms with Crippen molar-refractivity contribution in [3.63, 3.8) is 0 Å². The average molecular weight is 884 g/mol. The van der Waals surface area contributed by atoms with Gasteiger partial charge in [-0.2, -0.15) is 18.4 Å². The first-order chi connectivity index (χ1) is 33.1. The van der Waals surface area contributed by atoms with Gasteiger partial charge >= 0.3 is 6.18 Å². The summed E-state index contributed by atoms with van der Waals surface area (Å²) >= 11 is 0. The smallest absolute Gasteiger partial charge is 0.309 e. The van der Waals surface area contributed by atoms with Gasteiger partial charge in [-0.1, -0.05) is 84.9 Å². The van der Waals surface area contributed by atoms with Crippen LogP contribution in [0.3, 0.4) is 0 Å². The molecular weight excluding hydrogens is 856 g/mol. The van der Waals surface area contributed by atoms with Crippen molar-refractivity contribution in [3.8, 4) is 62.7 Å². The lowest BCUT2D eigenvalue weighted by atomic mass is 9.93. The minimum Gasteiger partial charge on any atom is -0.309 e. The van der Waals surface area contributed by atoms with Crippen LogP contribution in [-0.4, -0.2) is 24.1 Å². The van der Waals surface area contributed by atoms with Crippen molar-refractivity contribution < 1.29 is 13.2 Å². The number of hydrogen-bond acceptors (Lipinski definition) is 4. The molecule has 11 aromatic rings. The Morgan fingerprint density at radius 1 is 0.456 bits per heavy atom. The van der Waals surface area contributed by atoms with Crippen LogP contribution in [0.5, 0.6) is 0 Å². The molecule has 8 aromatic carbocycles. The predicted molar refractivity (Wildman–Crippen MR) is 259 cm³/mol. The van der Waals surface area contributed by atoms with Gasteiger partial charge in [0.15, 0.2) is 34.5 Å². The lowest BCUT2D eigenvalue weighted by molar-refractivity contribution is -0.137. The van der Waals surface area contributed by atoms with Gasteiger partial charge in [-0.3, -0.25) is 0 Å². The highest BCUT2D eigenvalue weighted by molar-refractivity contribution is 6.13. The van der Waals surface area contributed by atoms with Crippen molar-refractivity contribution in [1.29, 1.82) is 5.26 Å². The first-order valence-electron chi connectivity index (χ1n) is 21.1. The quantitative estimate of drug-likeness (QED) is 0.156. The number of hydrogen-bond donors (Lipinski definition) is 0. The molecule has 318 valence electrons. The third-order valence-corrected chi connectivity index (χ3v) is 12.1. The maximum atomic E-state index is 16.1. The molecular formula is C56H28F3N9. The fourth-order valence-corrected chi connectivity index (χ4v) is 9.06. The zero-order valence-electron chi connectivity index (χ0n) is 35.3. The van der Waals surface area contributed by atoms with Crippen LogP contribution in [0.25, 0.3) is 115 Å². The molecule has 0 N–H and O–H groups in total. The number of aromatic nitrogens is 5. The van der Waals surface area contributed by atoms with E-state index < -0.39 is 11.7 Å². The third kappa shape index (κ3) is 6.73. The van der Waals surface area contributed by atoms with Crippen molar-refractivity contribution >= 4 is 60.7 Å². The number of rotatable bonds is 6. The van der Waals surface area contributed by atoms with Crippen LogP contribution in [0.15, 0.2) is 170 Å². The maximum absolute atomic E-state index is 16.1. The second-order valence-corrected chi connectivity index (χ2v) is 15.9. The maximum Gasteiger partial charge on any atom is 0.417 e. The molecule has 9 nitrogen and oxygen atoms in total. The number of halogens is 3. The van der Waals surface area contributed by atoms with E-state index in [1.807, 2.05) is 65.2 Å². The van der Waals surface area contributed by atoms with Gasteiger partial charge in [0.1, 0.15) is 0 Å². The van der Waals surface area contributed by atoms with Gasteiger partial charge in [0.2, 0.25) is 0 Å². The number of benzene rings is 8. The Morgan fingerprint density at radius 3 is 1.38 bits per heavy atom. The monoisotopic (exact) mass is 883 g/mol. The van der Waals surface area contributed by atoms with Crippen molar-refractivity contribution in [2.75, 3.05) is 0 Å². The fourth-order valence-electron chi connectivity index (χ4n) is 9.06.